The van der Waals surface area contributed by atoms with Gasteiger partial charge in [0.15, 0.2) is 0 Å². The molecule has 3 nitrogen and oxygen atoms in total. The van der Waals surface area contributed by atoms with E-state index in [2.05, 4.69) is 45.0 Å². The third-order valence-corrected chi connectivity index (χ3v) is 5.56. The first kappa shape index (κ1) is 20.9. The second-order valence-electron chi connectivity index (χ2n) is 8.18. The summed E-state index contributed by atoms with van der Waals surface area (Å²) in [4.78, 5) is 13.6. The number of pyridine rings is 1. The Hall–Kier alpha value is -3.33. The molecule has 1 heterocycles. The van der Waals surface area contributed by atoms with E-state index in [9.17, 15) is 4.79 Å². The molecule has 0 aliphatic heterocycles. The normalized spacial score (nSPS) is 11.1. The van der Waals surface area contributed by atoms with Crippen molar-refractivity contribution in [2.45, 2.75) is 40.0 Å². The molecule has 31 heavy (non-hydrogen) atoms. The molecule has 0 saturated carbocycles. The van der Waals surface area contributed by atoms with E-state index in [-0.39, 0.29) is 5.56 Å². The molecule has 4 aromatic rings. The van der Waals surface area contributed by atoms with Crippen molar-refractivity contribution in [2.75, 3.05) is 6.61 Å². The first-order chi connectivity index (χ1) is 15.1. The topological polar surface area (TPSA) is 31.2 Å². The molecule has 0 aliphatic rings. The first-order valence-electron chi connectivity index (χ1n) is 11.0. The summed E-state index contributed by atoms with van der Waals surface area (Å²) in [6, 6.07) is 24.2. The van der Waals surface area contributed by atoms with Crippen molar-refractivity contribution < 1.29 is 4.74 Å². The minimum atomic E-state index is -0.00186. The van der Waals surface area contributed by atoms with Crippen LogP contribution >= 0.6 is 0 Å². The van der Waals surface area contributed by atoms with E-state index in [0.717, 1.165) is 57.6 Å². The zero-order chi connectivity index (χ0) is 21.8. The molecule has 0 saturated heterocycles. The van der Waals surface area contributed by atoms with E-state index in [1.165, 1.54) is 12.8 Å². The summed E-state index contributed by atoms with van der Waals surface area (Å²) in [6.45, 7) is 7.05. The number of unbranched alkanes of at least 4 members (excludes halogenated alkanes) is 2. The molecule has 0 amide bonds. The van der Waals surface area contributed by atoms with Crippen LogP contribution in [-0.2, 0) is 0 Å². The highest BCUT2D eigenvalue weighted by Crippen LogP contribution is 2.27. The van der Waals surface area contributed by atoms with E-state index in [1.807, 2.05) is 53.1 Å². The number of aryl methyl sites for hydroxylation is 2. The van der Waals surface area contributed by atoms with Crippen LogP contribution in [0.1, 0.15) is 37.3 Å². The standard InChI is InChI=1S/C28H29NO2/c1-4-5-8-15-31-25-13-11-22(12-14-25)27-19-23-9-6-7-10-26(23)28(30)29(27)24-17-20(2)16-21(3)18-24/h6-7,9-14,16-19H,4-5,8,15H2,1-3H3. The SMILES string of the molecule is CCCCCOc1ccc(-c2cc3ccccc3c(=O)n2-c2cc(C)cc(C)c2)cc1. The Bertz CT molecular complexity index is 1230. The highest BCUT2D eigenvalue weighted by atomic mass is 16.5. The third-order valence-electron chi connectivity index (χ3n) is 5.56. The number of aromatic nitrogens is 1. The minimum Gasteiger partial charge on any atom is -0.494 e. The van der Waals surface area contributed by atoms with E-state index >= 15 is 0 Å². The highest BCUT2D eigenvalue weighted by Gasteiger charge is 2.13. The fraction of sp³-hybridized carbons (Fsp3) is 0.250. The molecule has 3 aromatic carbocycles. The Labute approximate surface area is 183 Å². The summed E-state index contributed by atoms with van der Waals surface area (Å²) in [6.07, 6.45) is 3.42. The third kappa shape index (κ3) is 4.56. The van der Waals surface area contributed by atoms with Crippen molar-refractivity contribution >= 4 is 10.8 Å². The Morgan fingerprint density at radius 3 is 2.26 bits per heavy atom. The van der Waals surface area contributed by atoms with Crippen molar-refractivity contribution in [2.24, 2.45) is 0 Å². The van der Waals surface area contributed by atoms with Crippen molar-refractivity contribution in [1.82, 2.24) is 4.57 Å². The van der Waals surface area contributed by atoms with Crippen molar-refractivity contribution in [1.29, 1.82) is 0 Å². The quantitative estimate of drug-likeness (QED) is 0.312. The fourth-order valence-electron chi connectivity index (χ4n) is 4.07. The van der Waals surface area contributed by atoms with Crippen molar-refractivity contribution in [3.05, 3.63) is 94.3 Å². The van der Waals surface area contributed by atoms with Gasteiger partial charge in [-0.2, -0.15) is 0 Å². The molecule has 0 bridgehead atoms. The van der Waals surface area contributed by atoms with Crippen LogP contribution in [0.3, 0.4) is 0 Å². The van der Waals surface area contributed by atoms with Gasteiger partial charge in [0.25, 0.3) is 5.56 Å². The van der Waals surface area contributed by atoms with Crippen LogP contribution in [0.4, 0.5) is 0 Å². The van der Waals surface area contributed by atoms with Gasteiger partial charge in [0.05, 0.1) is 12.3 Å². The Balaban J connectivity index is 1.82. The molecule has 158 valence electrons. The van der Waals surface area contributed by atoms with Crippen molar-refractivity contribution in [3.8, 4) is 22.7 Å². The molecular formula is C28H29NO2. The maximum absolute atomic E-state index is 13.6. The van der Waals surface area contributed by atoms with E-state index in [1.54, 1.807) is 0 Å². The summed E-state index contributed by atoms with van der Waals surface area (Å²) in [5.74, 6) is 0.862. The van der Waals surface area contributed by atoms with Gasteiger partial charge in [0.2, 0.25) is 0 Å². The van der Waals surface area contributed by atoms with Gasteiger partial charge in [-0.1, -0.05) is 44.0 Å². The number of ether oxygens (including phenoxy) is 1. The van der Waals surface area contributed by atoms with Gasteiger partial charge in [-0.05, 0) is 90.9 Å². The zero-order valence-electron chi connectivity index (χ0n) is 18.5. The van der Waals surface area contributed by atoms with Crippen LogP contribution < -0.4 is 10.3 Å². The average Bonchev–Trinajstić information content (AvgIpc) is 2.76. The van der Waals surface area contributed by atoms with Crippen LogP contribution in [0.15, 0.2) is 77.6 Å². The molecule has 4 rings (SSSR count). The minimum absolute atomic E-state index is 0.00186. The van der Waals surface area contributed by atoms with Crippen LogP contribution in [0.25, 0.3) is 27.7 Å². The predicted molar refractivity (Wildman–Crippen MR) is 129 cm³/mol. The van der Waals surface area contributed by atoms with Gasteiger partial charge in [0.1, 0.15) is 5.75 Å². The maximum atomic E-state index is 13.6. The highest BCUT2D eigenvalue weighted by molar-refractivity contribution is 5.86. The molecule has 0 aliphatic carbocycles. The van der Waals surface area contributed by atoms with Crippen LogP contribution in [0, 0.1) is 13.8 Å². The lowest BCUT2D eigenvalue weighted by atomic mass is 10.0. The Kier molecular flexibility index (Phi) is 6.22. The second-order valence-corrected chi connectivity index (χ2v) is 8.18. The van der Waals surface area contributed by atoms with Gasteiger partial charge in [-0.15, -0.1) is 0 Å². The first-order valence-corrected chi connectivity index (χ1v) is 11.0. The smallest absolute Gasteiger partial charge is 0.263 e. The monoisotopic (exact) mass is 411 g/mol. The maximum Gasteiger partial charge on any atom is 0.263 e. The predicted octanol–water partition coefficient (Wildman–Crippen LogP) is 6.84. The lowest BCUT2D eigenvalue weighted by Gasteiger charge is -2.17. The summed E-state index contributed by atoms with van der Waals surface area (Å²) in [7, 11) is 0. The molecule has 0 N–H and O–H groups in total. The van der Waals surface area contributed by atoms with E-state index in [0.29, 0.717) is 0 Å². The van der Waals surface area contributed by atoms with Gasteiger partial charge >= 0.3 is 0 Å². The summed E-state index contributed by atoms with van der Waals surface area (Å²) >= 11 is 0. The number of fused-ring (bicyclic) bond motifs is 1. The lowest BCUT2D eigenvalue weighted by molar-refractivity contribution is 0.306. The number of nitrogens with zero attached hydrogens (tertiary/aromatic N) is 1. The van der Waals surface area contributed by atoms with Crippen LogP contribution in [0.2, 0.25) is 0 Å². The summed E-state index contributed by atoms with van der Waals surface area (Å²) in [5.41, 5.74) is 5.03. The summed E-state index contributed by atoms with van der Waals surface area (Å²) in [5, 5.41) is 1.67. The second kappa shape index (κ2) is 9.22. The molecule has 1 aromatic heterocycles. The summed E-state index contributed by atoms with van der Waals surface area (Å²) < 4.78 is 7.70. The number of hydrogen-bond donors (Lipinski definition) is 0. The van der Waals surface area contributed by atoms with Crippen LogP contribution in [-0.4, -0.2) is 11.2 Å². The van der Waals surface area contributed by atoms with E-state index in [4.69, 9.17) is 4.74 Å². The van der Waals surface area contributed by atoms with Gasteiger partial charge in [-0.25, -0.2) is 0 Å². The number of rotatable bonds is 7. The molecule has 0 radical (unpaired) electrons. The fourth-order valence-corrected chi connectivity index (χ4v) is 4.07. The van der Waals surface area contributed by atoms with Crippen molar-refractivity contribution in [3.63, 3.8) is 0 Å². The molecule has 0 unspecified atom stereocenters. The van der Waals surface area contributed by atoms with Gasteiger partial charge < -0.3 is 4.74 Å². The largest absolute Gasteiger partial charge is 0.494 e. The van der Waals surface area contributed by atoms with Gasteiger partial charge in [-0.3, -0.25) is 9.36 Å². The number of benzene rings is 3. The molecule has 0 spiro atoms. The molecular weight excluding hydrogens is 382 g/mol. The van der Waals surface area contributed by atoms with Gasteiger partial charge in [0, 0.05) is 11.1 Å². The number of hydrogen-bond acceptors (Lipinski definition) is 2. The molecule has 3 heteroatoms. The Morgan fingerprint density at radius 2 is 1.55 bits per heavy atom. The average molecular weight is 412 g/mol. The van der Waals surface area contributed by atoms with Crippen LogP contribution in [0.5, 0.6) is 5.75 Å². The lowest BCUT2D eigenvalue weighted by Crippen LogP contribution is -2.20. The Morgan fingerprint density at radius 1 is 0.839 bits per heavy atom. The zero-order valence-corrected chi connectivity index (χ0v) is 18.5. The molecule has 0 atom stereocenters. The van der Waals surface area contributed by atoms with E-state index < -0.39 is 0 Å². The molecule has 0 fully saturated rings.